The summed E-state index contributed by atoms with van der Waals surface area (Å²) in [6.07, 6.45) is 3.73. The number of benzene rings is 1. The predicted octanol–water partition coefficient (Wildman–Crippen LogP) is 4.16. The number of amides is 1. The average Bonchev–Trinajstić information content (AvgIpc) is 3.05. The minimum Gasteiger partial charge on any atom is -0.370 e. The number of fused-ring (bicyclic) bond motifs is 2. The highest BCUT2D eigenvalue weighted by atomic mass is 16.2. The molecule has 5 heteroatoms. The summed E-state index contributed by atoms with van der Waals surface area (Å²) >= 11 is 0. The first-order chi connectivity index (χ1) is 13.1. The summed E-state index contributed by atoms with van der Waals surface area (Å²) in [6, 6.07) is 15.9. The fourth-order valence-corrected chi connectivity index (χ4v) is 3.36. The molecule has 0 saturated carbocycles. The van der Waals surface area contributed by atoms with Crippen molar-refractivity contribution in [1.82, 2.24) is 9.55 Å². The molecule has 0 bridgehead atoms. The molecule has 0 saturated heterocycles. The Morgan fingerprint density at radius 2 is 1.96 bits per heavy atom. The van der Waals surface area contributed by atoms with Crippen LogP contribution in [0.25, 0.3) is 0 Å². The van der Waals surface area contributed by atoms with Crippen molar-refractivity contribution in [3.05, 3.63) is 77.7 Å². The first-order valence-corrected chi connectivity index (χ1v) is 9.35. The zero-order valence-corrected chi connectivity index (χ0v) is 15.7. The third kappa shape index (κ3) is 3.58. The van der Waals surface area contributed by atoms with Crippen LogP contribution in [0.2, 0.25) is 0 Å². The van der Waals surface area contributed by atoms with Gasteiger partial charge >= 0.3 is 0 Å². The number of carbonyl (C=O) groups is 1. The lowest BCUT2D eigenvalue weighted by Crippen LogP contribution is -2.30. The summed E-state index contributed by atoms with van der Waals surface area (Å²) in [5, 5.41) is 3.29. The van der Waals surface area contributed by atoms with Gasteiger partial charge in [-0.15, -0.1) is 0 Å². The van der Waals surface area contributed by atoms with Crippen LogP contribution >= 0.6 is 0 Å². The van der Waals surface area contributed by atoms with E-state index in [9.17, 15) is 4.79 Å². The Morgan fingerprint density at radius 1 is 1.11 bits per heavy atom. The summed E-state index contributed by atoms with van der Waals surface area (Å²) in [5.41, 5.74) is 3.83. The number of aromatic nitrogens is 2. The minimum absolute atomic E-state index is 0.0278. The lowest BCUT2D eigenvalue weighted by Gasteiger charge is -2.22. The van der Waals surface area contributed by atoms with Crippen molar-refractivity contribution < 1.29 is 4.79 Å². The smallest absolute Gasteiger partial charge is 0.260 e. The second-order valence-corrected chi connectivity index (χ2v) is 7.35. The van der Waals surface area contributed by atoms with Gasteiger partial charge in [0.05, 0.1) is 12.1 Å². The molecule has 0 unspecified atom stereocenters. The maximum atomic E-state index is 13.3. The molecule has 1 aliphatic heterocycles. The maximum Gasteiger partial charge on any atom is 0.260 e. The normalized spacial score (nSPS) is 13.1. The largest absolute Gasteiger partial charge is 0.370 e. The van der Waals surface area contributed by atoms with E-state index in [0.717, 1.165) is 35.9 Å². The van der Waals surface area contributed by atoms with E-state index >= 15 is 0 Å². The van der Waals surface area contributed by atoms with E-state index in [-0.39, 0.29) is 5.91 Å². The molecule has 3 aromatic rings. The van der Waals surface area contributed by atoms with Gasteiger partial charge in [-0.1, -0.05) is 32.0 Å². The van der Waals surface area contributed by atoms with Gasteiger partial charge in [-0.3, -0.25) is 4.79 Å². The van der Waals surface area contributed by atoms with Crippen LogP contribution in [0.4, 0.5) is 11.5 Å². The van der Waals surface area contributed by atoms with Crippen LogP contribution in [0.3, 0.4) is 0 Å². The van der Waals surface area contributed by atoms with Gasteiger partial charge in [-0.05, 0) is 41.8 Å². The van der Waals surface area contributed by atoms with Crippen LogP contribution in [0, 0.1) is 5.92 Å². The second kappa shape index (κ2) is 7.27. The molecule has 1 aliphatic rings. The molecule has 0 atom stereocenters. The molecule has 0 fully saturated rings. The molecule has 3 heterocycles. The molecular formula is C22H24N4O. The molecule has 27 heavy (non-hydrogen) atoms. The van der Waals surface area contributed by atoms with E-state index in [1.54, 1.807) is 6.20 Å². The predicted molar refractivity (Wildman–Crippen MR) is 108 cm³/mol. The summed E-state index contributed by atoms with van der Waals surface area (Å²) in [4.78, 5) is 19.6. The highest BCUT2D eigenvalue weighted by molar-refractivity contribution is 6.06. The van der Waals surface area contributed by atoms with Crippen molar-refractivity contribution in [3.8, 4) is 0 Å². The van der Waals surface area contributed by atoms with Crippen LogP contribution in [0.5, 0.6) is 0 Å². The molecule has 0 radical (unpaired) electrons. The zero-order chi connectivity index (χ0) is 18.8. The van der Waals surface area contributed by atoms with Gasteiger partial charge in [-0.2, -0.15) is 0 Å². The molecule has 1 N–H and O–H groups in total. The molecule has 4 rings (SSSR count). The molecule has 0 aliphatic carbocycles. The maximum absolute atomic E-state index is 13.3. The summed E-state index contributed by atoms with van der Waals surface area (Å²) in [6.45, 7) is 6.49. The van der Waals surface area contributed by atoms with Crippen LogP contribution in [-0.2, 0) is 13.1 Å². The number of hydrogen-bond donors (Lipinski definition) is 1. The molecular weight excluding hydrogens is 336 g/mol. The van der Waals surface area contributed by atoms with Crippen molar-refractivity contribution in [2.75, 3.05) is 16.8 Å². The van der Waals surface area contributed by atoms with E-state index < -0.39 is 0 Å². The molecule has 0 spiro atoms. The van der Waals surface area contributed by atoms with Crippen molar-refractivity contribution in [2.24, 2.45) is 5.92 Å². The number of nitrogens with one attached hydrogen (secondary N) is 1. The number of para-hydroxylation sites is 1. The third-order valence-corrected chi connectivity index (χ3v) is 4.81. The Hall–Kier alpha value is -3.08. The van der Waals surface area contributed by atoms with Gasteiger partial charge < -0.3 is 14.8 Å². The van der Waals surface area contributed by atoms with Crippen molar-refractivity contribution in [3.63, 3.8) is 0 Å². The highest BCUT2D eigenvalue weighted by Crippen LogP contribution is 2.29. The van der Waals surface area contributed by atoms with E-state index in [1.165, 1.54) is 0 Å². The Morgan fingerprint density at radius 3 is 2.74 bits per heavy atom. The van der Waals surface area contributed by atoms with Gasteiger partial charge in [0.15, 0.2) is 0 Å². The van der Waals surface area contributed by atoms with Crippen LogP contribution in [0.15, 0.2) is 60.9 Å². The van der Waals surface area contributed by atoms with Gasteiger partial charge in [0.25, 0.3) is 5.91 Å². The Labute approximate surface area is 159 Å². The number of rotatable bonds is 4. The zero-order valence-electron chi connectivity index (χ0n) is 15.7. The molecule has 1 amide bonds. The average molecular weight is 360 g/mol. The highest BCUT2D eigenvalue weighted by Gasteiger charge is 2.24. The monoisotopic (exact) mass is 360 g/mol. The minimum atomic E-state index is -0.0278. The first kappa shape index (κ1) is 17.3. The number of pyridine rings is 1. The quantitative estimate of drug-likeness (QED) is 0.760. The van der Waals surface area contributed by atoms with Crippen molar-refractivity contribution >= 4 is 17.4 Å². The van der Waals surface area contributed by atoms with E-state index in [0.29, 0.717) is 18.0 Å². The fraction of sp³-hybridized carbons (Fsp3) is 0.273. The molecule has 1 aromatic carbocycles. The van der Waals surface area contributed by atoms with Crippen LogP contribution < -0.4 is 10.2 Å². The SMILES string of the molecule is CC(C)CNc1ccc(C(=O)N2Cc3cccn3Cc3ccccc32)cn1. The second-order valence-electron chi connectivity index (χ2n) is 7.35. The van der Waals surface area contributed by atoms with Crippen LogP contribution in [-0.4, -0.2) is 22.0 Å². The number of nitrogens with zero attached hydrogens (tertiary/aromatic N) is 3. The van der Waals surface area contributed by atoms with E-state index in [4.69, 9.17) is 0 Å². The first-order valence-electron chi connectivity index (χ1n) is 9.35. The lowest BCUT2D eigenvalue weighted by molar-refractivity contribution is 0.0984. The Bertz CT molecular complexity index is 943. The lowest BCUT2D eigenvalue weighted by atomic mass is 10.1. The van der Waals surface area contributed by atoms with Gasteiger partial charge in [0.2, 0.25) is 0 Å². The number of anilines is 2. The fourth-order valence-electron chi connectivity index (χ4n) is 3.36. The summed E-state index contributed by atoms with van der Waals surface area (Å²) in [5.74, 6) is 1.31. The Kier molecular flexibility index (Phi) is 4.67. The van der Waals surface area contributed by atoms with Crippen molar-refractivity contribution in [1.29, 1.82) is 0 Å². The molecule has 2 aromatic heterocycles. The Balaban J connectivity index is 1.63. The van der Waals surface area contributed by atoms with Crippen LogP contribution in [0.1, 0.15) is 35.5 Å². The van der Waals surface area contributed by atoms with Gasteiger partial charge in [-0.25, -0.2) is 4.98 Å². The third-order valence-electron chi connectivity index (χ3n) is 4.81. The number of hydrogen-bond acceptors (Lipinski definition) is 3. The topological polar surface area (TPSA) is 50.2 Å². The van der Waals surface area contributed by atoms with Crippen molar-refractivity contribution in [2.45, 2.75) is 26.9 Å². The standard InChI is InChI=1S/C22H24N4O/c1-16(2)12-23-21-10-9-17(13-24-21)22(27)26-15-19-7-5-11-25(19)14-18-6-3-4-8-20(18)26/h3-11,13,16H,12,14-15H2,1-2H3,(H,23,24). The summed E-state index contributed by atoms with van der Waals surface area (Å²) < 4.78 is 2.20. The van der Waals surface area contributed by atoms with E-state index in [2.05, 4.69) is 47.0 Å². The van der Waals surface area contributed by atoms with E-state index in [1.807, 2.05) is 41.3 Å². The van der Waals surface area contributed by atoms with Gasteiger partial charge in [0.1, 0.15) is 5.82 Å². The summed E-state index contributed by atoms with van der Waals surface area (Å²) in [7, 11) is 0. The number of carbonyl (C=O) groups excluding carboxylic acids is 1. The molecule has 5 nitrogen and oxygen atoms in total. The van der Waals surface area contributed by atoms with Gasteiger partial charge in [0, 0.05) is 36.9 Å². The molecule has 138 valence electrons.